The second kappa shape index (κ2) is 6.17. The van der Waals surface area contributed by atoms with Crippen molar-refractivity contribution in [2.24, 2.45) is 0 Å². The highest BCUT2D eigenvalue weighted by molar-refractivity contribution is 9.10. The topological polar surface area (TPSA) is 12.0 Å². The van der Waals surface area contributed by atoms with Gasteiger partial charge in [0.1, 0.15) is 0 Å². The lowest BCUT2D eigenvalue weighted by molar-refractivity contribution is 0.627. The van der Waals surface area contributed by atoms with Crippen LogP contribution in [0.4, 0.5) is 0 Å². The van der Waals surface area contributed by atoms with Crippen molar-refractivity contribution in [1.82, 2.24) is 5.32 Å². The number of aryl methyl sites for hydroxylation is 1. The summed E-state index contributed by atoms with van der Waals surface area (Å²) < 4.78 is 1.12. The first kappa shape index (κ1) is 13.3. The van der Waals surface area contributed by atoms with E-state index < -0.39 is 0 Å². The maximum absolute atomic E-state index is 3.56. The fraction of sp³-hybridized carbons (Fsp3) is 0.250. The van der Waals surface area contributed by atoms with Crippen molar-refractivity contribution < 1.29 is 0 Å². The average Bonchev–Trinajstić information content (AvgIpc) is 2.38. The van der Waals surface area contributed by atoms with E-state index in [0.717, 1.165) is 11.0 Å². The molecule has 0 saturated heterocycles. The van der Waals surface area contributed by atoms with E-state index in [1.54, 1.807) is 0 Å². The van der Waals surface area contributed by atoms with Crippen LogP contribution in [0.1, 0.15) is 29.7 Å². The molecule has 18 heavy (non-hydrogen) atoms. The Balaban J connectivity index is 2.40. The maximum atomic E-state index is 3.56. The van der Waals surface area contributed by atoms with Crippen LogP contribution in [0.5, 0.6) is 0 Å². The van der Waals surface area contributed by atoms with Gasteiger partial charge in [-0.05, 0) is 42.3 Å². The molecule has 0 aliphatic rings. The quantitative estimate of drug-likeness (QED) is 0.879. The summed E-state index contributed by atoms with van der Waals surface area (Å²) >= 11 is 3.48. The van der Waals surface area contributed by atoms with Crippen molar-refractivity contribution in [3.05, 3.63) is 69.7 Å². The first-order valence-corrected chi connectivity index (χ1v) is 7.06. The predicted octanol–water partition coefficient (Wildman–Crippen LogP) is 4.46. The molecule has 0 amide bonds. The third-order valence-corrected chi connectivity index (χ3v) is 3.64. The summed E-state index contributed by atoms with van der Waals surface area (Å²) in [7, 11) is 0. The Morgan fingerprint density at radius 1 is 1.06 bits per heavy atom. The molecule has 2 rings (SSSR count). The largest absolute Gasteiger partial charge is 0.307 e. The molecule has 0 aliphatic heterocycles. The standard InChI is InChI=1S/C16H18BrN/c1-3-18-16(13-8-10-14(17)11-9-13)15-7-5-4-6-12(15)2/h4-11,16,18H,3H2,1-2H3. The lowest BCUT2D eigenvalue weighted by Gasteiger charge is -2.21. The van der Waals surface area contributed by atoms with Gasteiger partial charge in [0.05, 0.1) is 6.04 Å². The molecule has 0 spiro atoms. The highest BCUT2D eigenvalue weighted by Crippen LogP contribution is 2.25. The summed E-state index contributed by atoms with van der Waals surface area (Å²) in [5, 5.41) is 3.56. The summed E-state index contributed by atoms with van der Waals surface area (Å²) in [6.07, 6.45) is 0. The van der Waals surface area contributed by atoms with Crippen LogP contribution >= 0.6 is 15.9 Å². The Hall–Kier alpha value is -1.12. The van der Waals surface area contributed by atoms with Gasteiger partial charge in [-0.3, -0.25) is 0 Å². The molecule has 0 saturated carbocycles. The minimum absolute atomic E-state index is 0.268. The SMILES string of the molecule is CCNC(c1ccc(Br)cc1)c1ccccc1C. The first-order chi connectivity index (χ1) is 8.72. The van der Waals surface area contributed by atoms with Gasteiger partial charge in [0, 0.05) is 4.47 Å². The molecule has 0 radical (unpaired) electrons. The normalized spacial score (nSPS) is 12.4. The van der Waals surface area contributed by atoms with E-state index in [1.807, 2.05) is 0 Å². The van der Waals surface area contributed by atoms with Gasteiger partial charge < -0.3 is 5.32 Å². The highest BCUT2D eigenvalue weighted by atomic mass is 79.9. The lowest BCUT2D eigenvalue weighted by atomic mass is 9.95. The Morgan fingerprint density at radius 3 is 2.33 bits per heavy atom. The summed E-state index contributed by atoms with van der Waals surface area (Å²) in [5.74, 6) is 0. The van der Waals surface area contributed by atoms with E-state index in [4.69, 9.17) is 0 Å². The Kier molecular flexibility index (Phi) is 4.56. The first-order valence-electron chi connectivity index (χ1n) is 6.26. The van der Waals surface area contributed by atoms with Gasteiger partial charge in [0.2, 0.25) is 0 Å². The van der Waals surface area contributed by atoms with Crippen molar-refractivity contribution in [3.8, 4) is 0 Å². The summed E-state index contributed by atoms with van der Waals surface area (Å²) in [6, 6.07) is 17.4. The molecular weight excluding hydrogens is 286 g/mol. The summed E-state index contributed by atoms with van der Waals surface area (Å²) in [5.41, 5.74) is 3.97. The number of halogens is 1. The van der Waals surface area contributed by atoms with Gasteiger partial charge >= 0.3 is 0 Å². The summed E-state index contributed by atoms with van der Waals surface area (Å²) in [6.45, 7) is 5.26. The van der Waals surface area contributed by atoms with E-state index in [9.17, 15) is 0 Å². The van der Waals surface area contributed by atoms with Crippen molar-refractivity contribution in [3.63, 3.8) is 0 Å². The molecule has 1 N–H and O–H groups in total. The molecule has 0 aliphatic carbocycles. The number of rotatable bonds is 4. The Bertz CT molecular complexity index is 505. The van der Waals surface area contributed by atoms with E-state index >= 15 is 0 Å². The molecule has 94 valence electrons. The van der Waals surface area contributed by atoms with Crippen LogP contribution < -0.4 is 5.32 Å². The minimum atomic E-state index is 0.268. The monoisotopic (exact) mass is 303 g/mol. The lowest BCUT2D eigenvalue weighted by Crippen LogP contribution is -2.22. The van der Waals surface area contributed by atoms with Crippen LogP contribution in [0.25, 0.3) is 0 Å². The molecule has 0 bridgehead atoms. The van der Waals surface area contributed by atoms with Crippen LogP contribution in [-0.4, -0.2) is 6.54 Å². The molecule has 2 heteroatoms. The third kappa shape index (κ3) is 3.01. The number of hydrogen-bond acceptors (Lipinski definition) is 1. The Morgan fingerprint density at radius 2 is 1.72 bits per heavy atom. The molecule has 0 heterocycles. The fourth-order valence-corrected chi connectivity index (χ4v) is 2.44. The van der Waals surface area contributed by atoms with Gasteiger partial charge in [-0.15, -0.1) is 0 Å². The van der Waals surface area contributed by atoms with E-state index in [-0.39, 0.29) is 6.04 Å². The maximum Gasteiger partial charge on any atom is 0.0579 e. The average molecular weight is 304 g/mol. The van der Waals surface area contributed by atoms with Crippen LogP contribution in [0.15, 0.2) is 53.0 Å². The zero-order valence-electron chi connectivity index (χ0n) is 10.8. The second-order valence-electron chi connectivity index (χ2n) is 4.40. The second-order valence-corrected chi connectivity index (χ2v) is 5.31. The molecule has 1 atom stereocenters. The van der Waals surface area contributed by atoms with E-state index in [0.29, 0.717) is 0 Å². The minimum Gasteiger partial charge on any atom is -0.307 e. The van der Waals surface area contributed by atoms with E-state index in [1.165, 1.54) is 16.7 Å². The van der Waals surface area contributed by atoms with Gasteiger partial charge in [-0.1, -0.05) is 59.3 Å². The van der Waals surface area contributed by atoms with Gasteiger partial charge in [-0.2, -0.15) is 0 Å². The number of hydrogen-bond donors (Lipinski definition) is 1. The molecule has 1 unspecified atom stereocenters. The van der Waals surface area contributed by atoms with Gasteiger partial charge in [0.15, 0.2) is 0 Å². The van der Waals surface area contributed by atoms with Crippen molar-refractivity contribution >= 4 is 15.9 Å². The molecular formula is C16H18BrN. The number of benzene rings is 2. The number of nitrogens with one attached hydrogen (secondary N) is 1. The third-order valence-electron chi connectivity index (χ3n) is 3.11. The zero-order valence-corrected chi connectivity index (χ0v) is 12.4. The summed E-state index contributed by atoms with van der Waals surface area (Å²) in [4.78, 5) is 0. The molecule has 0 fully saturated rings. The van der Waals surface area contributed by atoms with Gasteiger partial charge in [0.25, 0.3) is 0 Å². The molecule has 1 nitrogen and oxygen atoms in total. The van der Waals surface area contributed by atoms with Crippen molar-refractivity contribution in [2.75, 3.05) is 6.54 Å². The van der Waals surface area contributed by atoms with Crippen LogP contribution in [0.2, 0.25) is 0 Å². The molecule has 2 aromatic carbocycles. The molecule has 0 aromatic heterocycles. The van der Waals surface area contributed by atoms with E-state index in [2.05, 4.69) is 83.6 Å². The van der Waals surface area contributed by atoms with Gasteiger partial charge in [-0.25, -0.2) is 0 Å². The van der Waals surface area contributed by atoms with Crippen molar-refractivity contribution in [1.29, 1.82) is 0 Å². The van der Waals surface area contributed by atoms with Crippen LogP contribution in [0, 0.1) is 6.92 Å². The highest BCUT2D eigenvalue weighted by Gasteiger charge is 2.14. The van der Waals surface area contributed by atoms with Crippen LogP contribution in [-0.2, 0) is 0 Å². The zero-order chi connectivity index (χ0) is 13.0. The van der Waals surface area contributed by atoms with Crippen molar-refractivity contribution in [2.45, 2.75) is 19.9 Å². The van der Waals surface area contributed by atoms with Crippen LogP contribution in [0.3, 0.4) is 0 Å². The Labute approximate surface area is 117 Å². The molecule has 2 aromatic rings. The predicted molar refractivity (Wildman–Crippen MR) is 80.8 cm³/mol. The fourth-order valence-electron chi connectivity index (χ4n) is 2.18. The smallest absolute Gasteiger partial charge is 0.0579 e.